The SMILES string of the molecule is O=C(OCc1nnsc1Cl)c1cccc(S(=O)(=O)N2CCc3ccccc3C2)c1. The number of rotatable bonds is 5. The van der Waals surface area contributed by atoms with Gasteiger partial charge in [-0.2, -0.15) is 4.31 Å². The van der Waals surface area contributed by atoms with Crippen molar-refractivity contribution in [1.82, 2.24) is 13.9 Å². The highest BCUT2D eigenvalue weighted by atomic mass is 35.5. The molecule has 0 saturated heterocycles. The summed E-state index contributed by atoms with van der Waals surface area (Å²) in [6.07, 6.45) is 0.652. The van der Waals surface area contributed by atoms with Crippen molar-refractivity contribution < 1.29 is 17.9 Å². The first-order valence-corrected chi connectivity index (χ1v) is 11.3. The van der Waals surface area contributed by atoms with Crippen LogP contribution < -0.4 is 0 Å². The monoisotopic (exact) mass is 449 g/mol. The first-order chi connectivity index (χ1) is 13.9. The van der Waals surface area contributed by atoms with Crippen LogP contribution in [0.25, 0.3) is 0 Å². The van der Waals surface area contributed by atoms with Gasteiger partial charge in [0.05, 0.1) is 10.5 Å². The third-order valence-corrected chi connectivity index (χ3v) is 7.48. The van der Waals surface area contributed by atoms with E-state index in [1.165, 1.54) is 28.6 Å². The predicted octanol–water partition coefficient (Wildman–Crippen LogP) is 3.30. The fraction of sp³-hybridized carbons (Fsp3) is 0.211. The van der Waals surface area contributed by atoms with Gasteiger partial charge in [-0.3, -0.25) is 0 Å². The normalized spacial score (nSPS) is 14.4. The number of fused-ring (bicyclic) bond motifs is 1. The Morgan fingerprint density at radius 1 is 1.17 bits per heavy atom. The minimum absolute atomic E-state index is 0.0553. The van der Waals surface area contributed by atoms with Crippen molar-refractivity contribution in [3.63, 3.8) is 0 Å². The van der Waals surface area contributed by atoms with Gasteiger partial charge in [-0.1, -0.05) is 46.4 Å². The number of nitrogens with zero attached hydrogens (tertiary/aromatic N) is 3. The van der Waals surface area contributed by atoms with Crippen molar-refractivity contribution in [2.24, 2.45) is 0 Å². The lowest BCUT2D eigenvalue weighted by atomic mass is 10.0. The second-order valence-corrected chi connectivity index (χ2v) is 9.75. The number of hydrogen-bond acceptors (Lipinski definition) is 7. The molecule has 1 aromatic heterocycles. The lowest BCUT2D eigenvalue weighted by Gasteiger charge is -2.28. The number of hydrogen-bond donors (Lipinski definition) is 0. The Bertz CT molecular complexity index is 1160. The van der Waals surface area contributed by atoms with Crippen molar-refractivity contribution in [3.05, 3.63) is 75.3 Å². The van der Waals surface area contributed by atoms with E-state index in [1.807, 2.05) is 24.3 Å². The molecule has 0 spiro atoms. The van der Waals surface area contributed by atoms with Crippen LogP contribution in [0.15, 0.2) is 53.4 Å². The van der Waals surface area contributed by atoms with Gasteiger partial charge >= 0.3 is 5.97 Å². The highest BCUT2D eigenvalue weighted by molar-refractivity contribution is 7.89. The molecule has 29 heavy (non-hydrogen) atoms. The number of aromatic nitrogens is 2. The molecule has 0 N–H and O–H groups in total. The molecule has 10 heteroatoms. The molecule has 0 atom stereocenters. The van der Waals surface area contributed by atoms with Gasteiger partial charge in [0.25, 0.3) is 0 Å². The maximum atomic E-state index is 13.1. The molecular formula is C19H16ClN3O4S2. The summed E-state index contributed by atoms with van der Waals surface area (Å²) in [6, 6.07) is 13.6. The largest absolute Gasteiger partial charge is 0.455 e. The van der Waals surface area contributed by atoms with E-state index in [1.54, 1.807) is 0 Å². The Balaban J connectivity index is 1.52. The van der Waals surface area contributed by atoms with Crippen molar-refractivity contribution in [2.75, 3.05) is 6.54 Å². The van der Waals surface area contributed by atoms with Gasteiger partial charge in [-0.05, 0) is 35.7 Å². The number of benzene rings is 2. The van der Waals surface area contributed by atoms with Crippen molar-refractivity contribution in [1.29, 1.82) is 0 Å². The zero-order chi connectivity index (χ0) is 20.4. The topological polar surface area (TPSA) is 89.5 Å². The molecule has 0 amide bonds. The molecule has 2 aromatic carbocycles. The molecule has 0 saturated carbocycles. The average Bonchev–Trinajstić information content (AvgIpc) is 3.16. The number of sulfonamides is 1. The Labute approximate surface area is 177 Å². The van der Waals surface area contributed by atoms with E-state index in [2.05, 4.69) is 9.59 Å². The second kappa shape index (κ2) is 8.19. The van der Waals surface area contributed by atoms with Crippen molar-refractivity contribution >= 4 is 39.1 Å². The summed E-state index contributed by atoms with van der Waals surface area (Å²) in [4.78, 5) is 12.4. The number of esters is 1. The smallest absolute Gasteiger partial charge is 0.338 e. The van der Waals surface area contributed by atoms with E-state index in [4.69, 9.17) is 16.3 Å². The molecule has 0 unspecified atom stereocenters. The van der Waals surface area contributed by atoms with Crippen molar-refractivity contribution in [3.8, 4) is 0 Å². The summed E-state index contributed by atoms with van der Waals surface area (Å²) in [5, 5.41) is 3.77. The van der Waals surface area contributed by atoms with E-state index in [0.717, 1.165) is 22.7 Å². The summed E-state index contributed by atoms with van der Waals surface area (Å²) in [5.41, 5.74) is 2.65. The molecule has 3 aromatic rings. The second-order valence-electron chi connectivity index (χ2n) is 6.45. The van der Waals surface area contributed by atoms with Gasteiger partial charge in [-0.25, -0.2) is 13.2 Å². The average molecular weight is 450 g/mol. The quantitative estimate of drug-likeness (QED) is 0.555. The van der Waals surface area contributed by atoms with Crippen molar-refractivity contribution in [2.45, 2.75) is 24.5 Å². The van der Waals surface area contributed by atoms with Crippen LogP contribution in [0.4, 0.5) is 0 Å². The van der Waals surface area contributed by atoms with Crippen LogP contribution >= 0.6 is 23.1 Å². The molecule has 0 aliphatic carbocycles. The zero-order valence-electron chi connectivity index (χ0n) is 15.1. The number of carbonyl (C=O) groups excluding carboxylic acids is 1. The summed E-state index contributed by atoms with van der Waals surface area (Å²) in [7, 11) is -3.74. The van der Waals surface area contributed by atoms with E-state index in [-0.39, 0.29) is 17.1 Å². The Hall–Kier alpha value is -2.33. The minimum atomic E-state index is -3.74. The van der Waals surface area contributed by atoms with Crippen LogP contribution in [0.1, 0.15) is 27.2 Å². The molecule has 1 aliphatic heterocycles. The van der Waals surface area contributed by atoms with Crippen LogP contribution in [-0.4, -0.2) is 34.8 Å². The Morgan fingerprint density at radius 3 is 2.72 bits per heavy atom. The Kier molecular flexibility index (Phi) is 5.64. The minimum Gasteiger partial charge on any atom is -0.455 e. The third kappa shape index (κ3) is 4.18. The number of carbonyl (C=O) groups is 1. The summed E-state index contributed by atoms with van der Waals surface area (Å²) in [6.45, 7) is 0.569. The lowest BCUT2D eigenvalue weighted by Crippen LogP contribution is -2.36. The van der Waals surface area contributed by atoms with E-state index >= 15 is 0 Å². The first-order valence-electron chi connectivity index (χ1n) is 8.76. The van der Waals surface area contributed by atoms with Crippen LogP contribution in [0, 0.1) is 0 Å². The molecule has 0 radical (unpaired) electrons. The van der Waals surface area contributed by atoms with Crippen LogP contribution in [0.2, 0.25) is 4.34 Å². The van der Waals surface area contributed by atoms with Gasteiger partial charge in [0.15, 0.2) is 0 Å². The lowest BCUT2D eigenvalue weighted by molar-refractivity contribution is 0.0467. The van der Waals surface area contributed by atoms with Gasteiger partial charge in [0, 0.05) is 24.6 Å². The predicted molar refractivity (Wildman–Crippen MR) is 108 cm³/mol. The van der Waals surface area contributed by atoms with Gasteiger partial charge < -0.3 is 4.74 Å². The van der Waals surface area contributed by atoms with Gasteiger partial charge in [-0.15, -0.1) is 5.10 Å². The highest BCUT2D eigenvalue weighted by Gasteiger charge is 2.28. The highest BCUT2D eigenvalue weighted by Crippen LogP contribution is 2.25. The fourth-order valence-electron chi connectivity index (χ4n) is 3.11. The molecule has 2 heterocycles. The summed E-state index contributed by atoms with van der Waals surface area (Å²) < 4.78 is 36.8. The molecular weight excluding hydrogens is 434 g/mol. The Morgan fingerprint density at radius 2 is 1.97 bits per heavy atom. The maximum absolute atomic E-state index is 13.1. The summed E-state index contributed by atoms with van der Waals surface area (Å²) >= 11 is 6.89. The van der Waals surface area contributed by atoms with E-state index in [0.29, 0.717) is 29.5 Å². The van der Waals surface area contributed by atoms with E-state index in [9.17, 15) is 13.2 Å². The van der Waals surface area contributed by atoms with Crippen LogP contribution in [-0.2, 0) is 34.3 Å². The molecule has 1 aliphatic rings. The van der Waals surface area contributed by atoms with Crippen LogP contribution in [0.3, 0.4) is 0 Å². The summed E-state index contributed by atoms with van der Waals surface area (Å²) in [5.74, 6) is -0.657. The molecule has 4 rings (SSSR count). The molecule has 7 nitrogen and oxygen atoms in total. The standard InChI is InChI=1S/C19H16ClN3O4S2/c20-18-17(21-22-28-18)12-27-19(24)14-6-3-7-16(10-14)29(25,26)23-9-8-13-4-1-2-5-15(13)11-23/h1-7,10H,8-9,11-12H2. The molecule has 150 valence electrons. The molecule has 0 fully saturated rings. The third-order valence-electron chi connectivity index (χ3n) is 4.65. The van der Waals surface area contributed by atoms with Gasteiger partial charge in [0.2, 0.25) is 10.0 Å². The fourth-order valence-corrected chi connectivity index (χ4v) is 5.17. The molecule has 0 bridgehead atoms. The number of ether oxygens (including phenoxy) is 1. The maximum Gasteiger partial charge on any atom is 0.338 e. The zero-order valence-corrected chi connectivity index (χ0v) is 17.5. The van der Waals surface area contributed by atoms with Gasteiger partial charge in [0.1, 0.15) is 16.6 Å². The van der Waals surface area contributed by atoms with E-state index < -0.39 is 16.0 Å². The first kappa shape index (κ1) is 20.0. The number of halogens is 1. The van der Waals surface area contributed by atoms with Crippen LogP contribution in [0.5, 0.6) is 0 Å².